The molecule has 1 saturated carbocycles. The lowest BCUT2D eigenvalue weighted by molar-refractivity contribution is 0.155. The molecule has 3 heteroatoms. The Balaban J connectivity index is 1.89. The van der Waals surface area contributed by atoms with Gasteiger partial charge in [0.15, 0.2) is 0 Å². The Hall–Kier alpha value is -0.120. The van der Waals surface area contributed by atoms with Crippen LogP contribution in [0.25, 0.3) is 0 Å². The number of aliphatic hydroxyl groups excluding tert-OH is 1. The van der Waals surface area contributed by atoms with Crippen molar-refractivity contribution in [1.82, 2.24) is 5.32 Å². The molecule has 0 bridgehead atoms. The Morgan fingerprint density at radius 3 is 2.75 bits per heavy atom. The summed E-state index contributed by atoms with van der Waals surface area (Å²) in [7, 11) is 0. The average Bonchev–Trinajstić information content (AvgIpc) is 2.01. The highest BCUT2D eigenvalue weighted by atomic mass is 16.3. The van der Waals surface area contributed by atoms with Gasteiger partial charge in [-0.05, 0) is 32.2 Å². The average molecular weight is 172 g/mol. The van der Waals surface area contributed by atoms with Gasteiger partial charge in [-0.1, -0.05) is 6.92 Å². The molecule has 4 N–H and O–H groups in total. The summed E-state index contributed by atoms with van der Waals surface area (Å²) in [4.78, 5) is 0. The Morgan fingerprint density at radius 2 is 2.25 bits per heavy atom. The van der Waals surface area contributed by atoms with Crippen molar-refractivity contribution in [2.75, 3.05) is 6.54 Å². The van der Waals surface area contributed by atoms with Crippen LogP contribution in [0.5, 0.6) is 0 Å². The van der Waals surface area contributed by atoms with Crippen molar-refractivity contribution >= 4 is 0 Å². The lowest BCUT2D eigenvalue weighted by Crippen LogP contribution is -2.48. The van der Waals surface area contributed by atoms with E-state index < -0.39 is 0 Å². The second-order valence-corrected chi connectivity index (χ2v) is 3.73. The molecule has 0 heterocycles. The fourth-order valence-corrected chi connectivity index (χ4v) is 1.49. The number of nitrogens with two attached hydrogens (primary N) is 1. The van der Waals surface area contributed by atoms with Gasteiger partial charge in [-0.2, -0.15) is 0 Å². The van der Waals surface area contributed by atoms with Crippen LogP contribution in [-0.4, -0.2) is 29.8 Å². The van der Waals surface area contributed by atoms with Crippen LogP contribution in [0.15, 0.2) is 0 Å². The van der Waals surface area contributed by atoms with Gasteiger partial charge in [0.25, 0.3) is 0 Å². The first-order valence-corrected chi connectivity index (χ1v) is 4.89. The molecule has 0 spiro atoms. The summed E-state index contributed by atoms with van der Waals surface area (Å²) in [5, 5.41) is 12.6. The fourth-order valence-electron chi connectivity index (χ4n) is 1.49. The Bertz CT molecular complexity index is 124. The van der Waals surface area contributed by atoms with Crippen LogP contribution in [0.4, 0.5) is 0 Å². The van der Waals surface area contributed by atoms with E-state index in [4.69, 9.17) is 5.73 Å². The SMILES string of the molecule is CCC(O)CCNC1CC(N)C1. The maximum Gasteiger partial charge on any atom is 0.0549 e. The van der Waals surface area contributed by atoms with Crippen molar-refractivity contribution in [3.8, 4) is 0 Å². The molecule has 0 aliphatic heterocycles. The molecule has 1 unspecified atom stereocenters. The molecule has 1 aliphatic rings. The highest BCUT2D eigenvalue weighted by Crippen LogP contribution is 2.17. The van der Waals surface area contributed by atoms with Crippen molar-refractivity contribution in [2.45, 2.75) is 50.8 Å². The smallest absolute Gasteiger partial charge is 0.0549 e. The minimum absolute atomic E-state index is 0.133. The first kappa shape index (κ1) is 9.96. The van der Waals surface area contributed by atoms with Crippen LogP contribution < -0.4 is 11.1 Å². The highest BCUT2D eigenvalue weighted by molar-refractivity contribution is 4.87. The predicted molar refractivity (Wildman–Crippen MR) is 49.9 cm³/mol. The van der Waals surface area contributed by atoms with Gasteiger partial charge >= 0.3 is 0 Å². The molecular weight excluding hydrogens is 152 g/mol. The molecule has 0 aromatic heterocycles. The second-order valence-electron chi connectivity index (χ2n) is 3.73. The summed E-state index contributed by atoms with van der Waals surface area (Å²) in [6.45, 7) is 2.93. The topological polar surface area (TPSA) is 58.3 Å². The lowest BCUT2D eigenvalue weighted by atomic mass is 9.87. The third-order valence-electron chi connectivity index (χ3n) is 2.56. The summed E-state index contributed by atoms with van der Waals surface area (Å²) in [6.07, 6.45) is 3.78. The second kappa shape index (κ2) is 4.80. The van der Waals surface area contributed by atoms with Crippen molar-refractivity contribution in [2.24, 2.45) is 5.73 Å². The molecule has 0 radical (unpaired) electrons. The van der Waals surface area contributed by atoms with Gasteiger partial charge in [-0.25, -0.2) is 0 Å². The summed E-state index contributed by atoms with van der Waals surface area (Å²) in [5.41, 5.74) is 5.64. The minimum Gasteiger partial charge on any atom is -0.393 e. The number of rotatable bonds is 5. The van der Waals surface area contributed by atoms with Crippen LogP contribution in [0.2, 0.25) is 0 Å². The molecule has 12 heavy (non-hydrogen) atoms. The van der Waals surface area contributed by atoms with Gasteiger partial charge in [-0.15, -0.1) is 0 Å². The fraction of sp³-hybridized carbons (Fsp3) is 1.00. The molecule has 72 valence electrons. The maximum absolute atomic E-state index is 9.25. The largest absolute Gasteiger partial charge is 0.393 e. The molecule has 0 aromatic carbocycles. The van der Waals surface area contributed by atoms with Gasteiger partial charge < -0.3 is 16.2 Å². The molecule has 1 aliphatic carbocycles. The molecule has 0 aromatic rings. The number of aliphatic hydroxyl groups is 1. The van der Waals surface area contributed by atoms with Gasteiger partial charge in [-0.3, -0.25) is 0 Å². The number of hydrogen-bond donors (Lipinski definition) is 3. The summed E-state index contributed by atoms with van der Waals surface area (Å²) in [5.74, 6) is 0. The molecule has 3 nitrogen and oxygen atoms in total. The van der Waals surface area contributed by atoms with E-state index in [0.29, 0.717) is 12.1 Å². The molecule has 1 atom stereocenters. The normalized spacial score (nSPS) is 31.2. The third-order valence-corrected chi connectivity index (χ3v) is 2.56. The van der Waals surface area contributed by atoms with E-state index >= 15 is 0 Å². The van der Waals surface area contributed by atoms with Crippen LogP contribution in [0.1, 0.15) is 32.6 Å². The van der Waals surface area contributed by atoms with Crippen LogP contribution in [0.3, 0.4) is 0 Å². The van der Waals surface area contributed by atoms with Gasteiger partial charge in [0, 0.05) is 12.1 Å². The highest BCUT2D eigenvalue weighted by Gasteiger charge is 2.24. The van der Waals surface area contributed by atoms with E-state index in [1.165, 1.54) is 0 Å². The molecular formula is C9H20N2O. The third kappa shape index (κ3) is 3.09. The Kier molecular flexibility index (Phi) is 3.98. The van der Waals surface area contributed by atoms with E-state index in [-0.39, 0.29) is 6.10 Å². The van der Waals surface area contributed by atoms with E-state index in [2.05, 4.69) is 5.32 Å². The molecule has 0 saturated heterocycles. The Morgan fingerprint density at radius 1 is 1.58 bits per heavy atom. The van der Waals surface area contributed by atoms with Gasteiger partial charge in [0.05, 0.1) is 6.10 Å². The van der Waals surface area contributed by atoms with E-state index in [9.17, 15) is 5.11 Å². The van der Waals surface area contributed by atoms with Gasteiger partial charge in [0.2, 0.25) is 0 Å². The number of hydrogen-bond acceptors (Lipinski definition) is 3. The van der Waals surface area contributed by atoms with Crippen molar-refractivity contribution in [3.05, 3.63) is 0 Å². The zero-order valence-electron chi connectivity index (χ0n) is 7.79. The van der Waals surface area contributed by atoms with E-state index in [1.807, 2.05) is 6.92 Å². The number of nitrogens with one attached hydrogen (secondary N) is 1. The van der Waals surface area contributed by atoms with E-state index in [0.717, 1.165) is 32.2 Å². The monoisotopic (exact) mass is 172 g/mol. The molecule has 0 amide bonds. The predicted octanol–water partition coefficient (Wildman–Crippen LogP) is 0.227. The van der Waals surface area contributed by atoms with Crippen molar-refractivity contribution < 1.29 is 5.11 Å². The maximum atomic E-state index is 9.25. The van der Waals surface area contributed by atoms with Gasteiger partial charge in [0.1, 0.15) is 0 Å². The quantitative estimate of drug-likeness (QED) is 0.556. The standard InChI is InChI=1S/C9H20N2O/c1-2-9(12)3-4-11-8-5-7(10)6-8/h7-9,11-12H,2-6,10H2,1H3. The zero-order valence-corrected chi connectivity index (χ0v) is 7.79. The lowest BCUT2D eigenvalue weighted by Gasteiger charge is -2.33. The van der Waals surface area contributed by atoms with Crippen molar-refractivity contribution in [1.29, 1.82) is 0 Å². The summed E-state index contributed by atoms with van der Waals surface area (Å²) < 4.78 is 0. The molecule has 1 rings (SSSR count). The molecule has 1 fully saturated rings. The van der Waals surface area contributed by atoms with Crippen LogP contribution >= 0.6 is 0 Å². The van der Waals surface area contributed by atoms with Crippen molar-refractivity contribution in [3.63, 3.8) is 0 Å². The zero-order chi connectivity index (χ0) is 8.97. The van der Waals surface area contributed by atoms with Crippen LogP contribution in [0, 0.1) is 0 Å². The first-order valence-electron chi connectivity index (χ1n) is 4.89. The summed E-state index contributed by atoms with van der Waals surface area (Å²) >= 11 is 0. The van der Waals surface area contributed by atoms with E-state index in [1.54, 1.807) is 0 Å². The van der Waals surface area contributed by atoms with Crippen LogP contribution in [-0.2, 0) is 0 Å². The Labute approximate surface area is 74.3 Å². The summed E-state index contributed by atoms with van der Waals surface area (Å²) in [6, 6.07) is 1.03. The minimum atomic E-state index is -0.133. The first-order chi connectivity index (χ1) is 5.72.